The van der Waals surface area contributed by atoms with Gasteiger partial charge in [0.25, 0.3) is 5.91 Å². The molecule has 0 unspecified atom stereocenters. The van der Waals surface area contributed by atoms with Gasteiger partial charge in [0.15, 0.2) is 0 Å². The Bertz CT molecular complexity index is 1210. The molecule has 2 atom stereocenters. The van der Waals surface area contributed by atoms with E-state index in [1.807, 2.05) is 10.9 Å². The molecule has 1 spiro atoms. The molecule has 0 saturated heterocycles. The first kappa shape index (κ1) is 20.7. The van der Waals surface area contributed by atoms with E-state index >= 15 is 4.39 Å². The van der Waals surface area contributed by atoms with E-state index in [9.17, 15) is 4.79 Å². The van der Waals surface area contributed by atoms with Crippen LogP contribution in [0.1, 0.15) is 41.2 Å². The monoisotopic (exact) mass is 455 g/mol. The Morgan fingerprint density at radius 1 is 1.38 bits per heavy atom. The Hall–Kier alpha value is -3.20. The van der Waals surface area contributed by atoms with Crippen LogP contribution < -0.4 is 11.1 Å². The molecule has 166 valence electrons. The van der Waals surface area contributed by atoms with Crippen LogP contribution >= 0.6 is 11.6 Å². The second kappa shape index (κ2) is 7.44. The van der Waals surface area contributed by atoms with E-state index in [1.165, 1.54) is 11.0 Å². The van der Waals surface area contributed by atoms with Crippen molar-refractivity contribution in [3.05, 3.63) is 52.7 Å². The van der Waals surface area contributed by atoms with Crippen LogP contribution in [0.5, 0.6) is 0 Å². The Kier molecular flexibility index (Phi) is 4.81. The highest BCUT2D eigenvalue weighted by atomic mass is 35.5. The summed E-state index contributed by atoms with van der Waals surface area (Å²) in [4.78, 5) is 18.4. The summed E-state index contributed by atoms with van der Waals surface area (Å²) >= 11 is 6.93. The van der Waals surface area contributed by atoms with Crippen molar-refractivity contribution < 1.29 is 9.18 Å². The average Bonchev–Trinajstić information content (AvgIpc) is 3.50. The lowest BCUT2D eigenvalue weighted by molar-refractivity contribution is 0.0824. The summed E-state index contributed by atoms with van der Waals surface area (Å²) in [5.74, 6) is -0.477. The van der Waals surface area contributed by atoms with Crippen LogP contribution in [0.25, 0.3) is 11.1 Å². The molecule has 3 heterocycles. The van der Waals surface area contributed by atoms with Gasteiger partial charge in [0.1, 0.15) is 11.6 Å². The number of nitrogen functional groups attached to an aromatic ring is 1. The van der Waals surface area contributed by atoms with Crippen LogP contribution in [0, 0.1) is 5.82 Å². The molecular formula is C22H23ClFN7O. The summed E-state index contributed by atoms with van der Waals surface area (Å²) in [6, 6.07) is 3.29. The fraction of sp³-hybridized carbons (Fsp3) is 0.364. The largest absolute Gasteiger partial charge is 0.398 e. The van der Waals surface area contributed by atoms with Crippen molar-refractivity contribution in [1.82, 2.24) is 24.9 Å². The molecule has 3 aromatic rings. The molecular weight excluding hydrogens is 433 g/mol. The number of hydrogen-bond acceptors (Lipinski definition) is 6. The predicted octanol–water partition coefficient (Wildman–Crippen LogP) is 3.51. The lowest BCUT2D eigenvalue weighted by Crippen LogP contribution is -2.26. The van der Waals surface area contributed by atoms with Crippen LogP contribution in [0.4, 0.5) is 15.9 Å². The highest BCUT2D eigenvalue weighted by Gasteiger charge is 2.48. The van der Waals surface area contributed by atoms with Crippen LogP contribution in [-0.2, 0) is 5.41 Å². The number of halogens is 2. The first-order valence-corrected chi connectivity index (χ1v) is 10.8. The second-order valence-corrected chi connectivity index (χ2v) is 9.09. The average molecular weight is 456 g/mol. The quantitative estimate of drug-likeness (QED) is 0.586. The summed E-state index contributed by atoms with van der Waals surface area (Å²) in [7, 11) is 3.11. The summed E-state index contributed by atoms with van der Waals surface area (Å²) < 4.78 is 17.4. The number of hydrogen-bond donors (Lipinski definition) is 2. The smallest absolute Gasteiger partial charge is 0.258 e. The zero-order chi connectivity index (χ0) is 22.6. The summed E-state index contributed by atoms with van der Waals surface area (Å²) in [6.45, 7) is 0.707. The van der Waals surface area contributed by atoms with Crippen molar-refractivity contribution in [3.8, 4) is 11.1 Å². The maximum Gasteiger partial charge on any atom is 0.258 e. The van der Waals surface area contributed by atoms with Gasteiger partial charge in [-0.05, 0) is 31.4 Å². The van der Waals surface area contributed by atoms with Gasteiger partial charge in [0.2, 0.25) is 0 Å². The molecule has 0 radical (unpaired) electrons. The third-order valence-corrected chi connectivity index (χ3v) is 7.01. The first-order chi connectivity index (χ1) is 15.3. The minimum absolute atomic E-state index is 0.0831. The predicted molar refractivity (Wildman–Crippen MR) is 120 cm³/mol. The van der Waals surface area contributed by atoms with Crippen molar-refractivity contribution in [2.24, 2.45) is 0 Å². The normalized spacial score (nSPS) is 21.6. The zero-order valence-electron chi connectivity index (χ0n) is 17.8. The van der Waals surface area contributed by atoms with Crippen LogP contribution in [-0.4, -0.2) is 51.4 Å². The Morgan fingerprint density at radius 3 is 2.91 bits per heavy atom. The van der Waals surface area contributed by atoms with Gasteiger partial charge in [-0.3, -0.25) is 4.79 Å². The first-order valence-electron chi connectivity index (χ1n) is 10.4. The third kappa shape index (κ3) is 3.02. The number of nitrogens with zero attached hydrogens (tertiary/aromatic N) is 5. The molecule has 5 rings (SSSR count). The topological polar surface area (TPSA) is 102 Å². The van der Waals surface area contributed by atoms with Crippen molar-refractivity contribution in [3.63, 3.8) is 0 Å². The van der Waals surface area contributed by atoms with Crippen molar-refractivity contribution in [1.29, 1.82) is 0 Å². The Balaban J connectivity index is 1.60. The molecule has 32 heavy (non-hydrogen) atoms. The maximum absolute atomic E-state index is 15.5. The summed E-state index contributed by atoms with van der Waals surface area (Å²) in [5.41, 5.74) is 7.18. The number of benzene rings is 1. The van der Waals surface area contributed by atoms with Gasteiger partial charge in [-0.15, -0.1) is 5.10 Å². The minimum Gasteiger partial charge on any atom is -0.398 e. The van der Waals surface area contributed by atoms with E-state index in [4.69, 9.17) is 17.3 Å². The number of amides is 1. The molecule has 1 fully saturated rings. The Morgan fingerprint density at radius 2 is 2.19 bits per heavy atom. The SMILES string of the molecule is CN(C)C(=O)c1c(N)ccc(-c2cnc3c(c2Cl)[C@]2(CC[C@@H](n4ccnn4)C2)CN3)c1F. The zero-order valence-corrected chi connectivity index (χ0v) is 18.5. The molecule has 0 bridgehead atoms. The van der Waals surface area contributed by atoms with Gasteiger partial charge in [-0.25, -0.2) is 14.1 Å². The van der Waals surface area contributed by atoms with Crippen LogP contribution in [0.3, 0.4) is 0 Å². The minimum atomic E-state index is -0.695. The number of rotatable bonds is 3. The Labute approximate surface area is 189 Å². The molecule has 2 aliphatic rings. The van der Waals surface area contributed by atoms with Gasteiger partial charge in [-0.2, -0.15) is 0 Å². The number of aromatic nitrogens is 4. The number of carbonyl (C=O) groups excluding carboxylic acids is 1. The van der Waals surface area contributed by atoms with Crippen molar-refractivity contribution >= 4 is 29.0 Å². The number of carbonyl (C=O) groups is 1. The van der Waals surface area contributed by atoms with E-state index in [-0.39, 0.29) is 28.3 Å². The van der Waals surface area contributed by atoms with E-state index < -0.39 is 11.7 Å². The number of anilines is 2. The lowest BCUT2D eigenvalue weighted by Gasteiger charge is -2.25. The highest BCUT2D eigenvalue weighted by Crippen LogP contribution is 2.54. The molecule has 2 aromatic heterocycles. The molecule has 3 N–H and O–H groups in total. The molecule has 1 aromatic carbocycles. The van der Waals surface area contributed by atoms with Gasteiger partial charge in [-0.1, -0.05) is 16.8 Å². The molecule has 1 aliphatic carbocycles. The standard InChI is InChI=1S/C22H23ClFN7O/c1-30(2)21(32)16-15(25)4-3-13(19(16)24)14-10-26-20-17(18(14)23)22(11-27-20)6-5-12(9-22)31-8-7-28-29-31/h3-4,7-8,10,12H,5-6,9,11,25H2,1-2H3,(H,26,27)/t12-,22+/m1/s1. The summed E-state index contributed by atoms with van der Waals surface area (Å²) in [5, 5.41) is 11.9. The maximum atomic E-state index is 15.5. The van der Waals surface area contributed by atoms with Crippen LogP contribution in [0.15, 0.2) is 30.7 Å². The lowest BCUT2D eigenvalue weighted by atomic mass is 9.80. The van der Waals surface area contributed by atoms with Crippen LogP contribution in [0.2, 0.25) is 5.02 Å². The fourth-order valence-electron chi connectivity index (χ4n) is 5.00. The van der Waals surface area contributed by atoms with Gasteiger partial charge < -0.3 is 16.0 Å². The number of fused-ring (bicyclic) bond motifs is 2. The number of nitrogens with one attached hydrogen (secondary N) is 1. The second-order valence-electron chi connectivity index (χ2n) is 8.71. The fourth-order valence-corrected chi connectivity index (χ4v) is 5.44. The number of pyridine rings is 1. The van der Waals surface area contributed by atoms with E-state index in [2.05, 4.69) is 20.6 Å². The summed E-state index contributed by atoms with van der Waals surface area (Å²) in [6.07, 6.45) is 7.76. The number of nitrogens with two attached hydrogens (primary N) is 1. The molecule has 1 aliphatic heterocycles. The van der Waals surface area contributed by atoms with Gasteiger partial charge in [0.05, 0.1) is 22.8 Å². The van der Waals surface area contributed by atoms with Gasteiger partial charge in [0, 0.05) is 60.8 Å². The van der Waals surface area contributed by atoms with E-state index in [0.717, 1.165) is 30.6 Å². The third-order valence-electron chi connectivity index (χ3n) is 6.62. The van der Waals surface area contributed by atoms with Crippen molar-refractivity contribution in [2.75, 3.05) is 31.7 Å². The highest BCUT2D eigenvalue weighted by molar-refractivity contribution is 6.34. The molecule has 10 heteroatoms. The van der Waals surface area contributed by atoms with Gasteiger partial charge >= 0.3 is 0 Å². The van der Waals surface area contributed by atoms with E-state index in [0.29, 0.717) is 17.1 Å². The molecule has 8 nitrogen and oxygen atoms in total. The van der Waals surface area contributed by atoms with Crippen molar-refractivity contribution in [2.45, 2.75) is 30.7 Å². The van der Waals surface area contributed by atoms with E-state index in [1.54, 1.807) is 32.6 Å². The molecule has 1 amide bonds. The molecule has 1 saturated carbocycles.